The molecule has 3 rings (SSSR count). The summed E-state index contributed by atoms with van der Waals surface area (Å²) in [4.78, 5) is 20.9. The number of carbonyl (C=O) groups excluding carboxylic acids is 1. The number of piperidine rings is 2. The number of nitrogens with zero attached hydrogens (tertiary/aromatic N) is 3. The fourth-order valence-electron chi connectivity index (χ4n) is 4.28. The summed E-state index contributed by atoms with van der Waals surface area (Å²) in [5, 5.41) is 0. The van der Waals surface area contributed by atoms with Crippen LogP contribution in [0.1, 0.15) is 43.4 Å². The molecular formula is C20H32ClN3OS. The molecule has 1 atom stereocenters. The topological polar surface area (TPSA) is 26.8 Å². The Balaban J connectivity index is 1.41. The molecule has 2 fully saturated rings. The lowest BCUT2D eigenvalue weighted by atomic mass is 9.93. The van der Waals surface area contributed by atoms with Gasteiger partial charge in [-0.3, -0.25) is 9.69 Å². The van der Waals surface area contributed by atoms with Gasteiger partial charge in [-0.05, 0) is 76.8 Å². The predicted octanol–water partition coefficient (Wildman–Crippen LogP) is 3.95. The van der Waals surface area contributed by atoms with E-state index in [1.807, 2.05) is 18.0 Å². The third-order valence-corrected chi connectivity index (χ3v) is 7.22. The molecule has 0 N–H and O–H groups in total. The van der Waals surface area contributed by atoms with Crippen molar-refractivity contribution in [2.24, 2.45) is 5.92 Å². The van der Waals surface area contributed by atoms with Gasteiger partial charge in [-0.1, -0.05) is 11.6 Å². The standard InChI is InChI=1S/C20H32ClN3OS/c1-22-12-9-17(10-13-22)23(2)20(25)8-5-16-4-3-11-24(14-16)15-18-6-7-19(21)26-18/h6-7,16-17H,3-5,8-15H2,1-2H3. The van der Waals surface area contributed by atoms with Crippen molar-refractivity contribution in [1.82, 2.24) is 14.7 Å². The van der Waals surface area contributed by atoms with Crippen LogP contribution >= 0.6 is 22.9 Å². The third kappa shape index (κ3) is 5.69. The molecule has 2 aliphatic heterocycles. The Hall–Kier alpha value is -0.620. The zero-order valence-corrected chi connectivity index (χ0v) is 17.7. The molecule has 1 amide bonds. The molecule has 2 aliphatic rings. The molecule has 1 aromatic heterocycles. The molecular weight excluding hydrogens is 366 g/mol. The van der Waals surface area contributed by atoms with Crippen LogP contribution in [0.25, 0.3) is 0 Å². The van der Waals surface area contributed by atoms with Crippen molar-refractivity contribution < 1.29 is 4.79 Å². The fraction of sp³-hybridized carbons (Fsp3) is 0.750. The molecule has 0 saturated carbocycles. The summed E-state index contributed by atoms with van der Waals surface area (Å²) in [5.74, 6) is 0.982. The van der Waals surface area contributed by atoms with Crippen LogP contribution in [0.4, 0.5) is 0 Å². The number of hydrogen-bond donors (Lipinski definition) is 0. The average molecular weight is 398 g/mol. The number of thiophene rings is 1. The highest BCUT2D eigenvalue weighted by Crippen LogP contribution is 2.27. The molecule has 146 valence electrons. The molecule has 1 aromatic rings. The van der Waals surface area contributed by atoms with Crippen LogP contribution in [-0.2, 0) is 11.3 Å². The third-order valence-electron chi connectivity index (χ3n) is 6.01. The molecule has 1 unspecified atom stereocenters. The number of likely N-dealkylation sites (tertiary alicyclic amines) is 2. The SMILES string of the molecule is CN1CCC(N(C)C(=O)CCC2CCCN(Cc3ccc(Cl)s3)C2)CC1. The van der Waals surface area contributed by atoms with Crippen molar-refractivity contribution in [3.63, 3.8) is 0 Å². The molecule has 6 heteroatoms. The Morgan fingerprint density at radius 1 is 1.27 bits per heavy atom. The number of hydrogen-bond acceptors (Lipinski definition) is 4. The first kappa shape index (κ1) is 20.1. The highest BCUT2D eigenvalue weighted by atomic mass is 35.5. The van der Waals surface area contributed by atoms with Crippen molar-refractivity contribution in [2.45, 2.75) is 51.1 Å². The minimum Gasteiger partial charge on any atom is -0.343 e. The zero-order chi connectivity index (χ0) is 18.5. The quantitative estimate of drug-likeness (QED) is 0.727. The Bertz CT molecular complexity index is 585. The largest absolute Gasteiger partial charge is 0.343 e. The van der Waals surface area contributed by atoms with Crippen molar-refractivity contribution in [3.8, 4) is 0 Å². The maximum atomic E-state index is 12.6. The van der Waals surface area contributed by atoms with Gasteiger partial charge in [-0.25, -0.2) is 0 Å². The number of amides is 1. The van der Waals surface area contributed by atoms with Gasteiger partial charge in [-0.15, -0.1) is 11.3 Å². The zero-order valence-electron chi connectivity index (χ0n) is 16.1. The molecule has 0 aromatic carbocycles. The predicted molar refractivity (Wildman–Crippen MR) is 110 cm³/mol. The summed E-state index contributed by atoms with van der Waals surface area (Å²) in [5.41, 5.74) is 0. The van der Waals surface area contributed by atoms with Gasteiger partial charge in [0, 0.05) is 37.5 Å². The molecule has 2 saturated heterocycles. The maximum Gasteiger partial charge on any atom is 0.222 e. The summed E-state index contributed by atoms with van der Waals surface area (Å²) >= 11 is 7.73. The molecule has 0 radical (unpaired) electrons. The van der Waals surface area contributed by atoms with Gasteiger partial charge >= 0.3 is 0 Å². The van der Waals surface area contributed by atoms with Crippen molar-refractivity contribution >= 4 is 28.8 Å². The van der Waals surface area contributed by atoms with Crippen LogP contribution in [-0.4, -0.2) is 66.9 Å². The second-order valence-corrected chi connectivity index (χ2v) is 9.83. The van der Waals surface area contributed by atoms with E-state index in [1.165, 1.54) is 17.7 Å². The Morgan fingerprint density at radius 3 is 2.73 bits per heavy atom. The Labute approximate surface area is 167 Å². The van der Waals surface area contributed by atoms with Gasteiger partial charge in [-0.2, -0.15) is 0 Å². The molecule has 0 aliphatic carbocycles. The second kappa shape index (κ2) is 9.54. The minimum atomic E-state index is 0.335. The highest BCUT2D eigenvalue weighted by molar-refractivity contribution is 7.16. The number of rotatable bonds is 6. The van der Waals surface area contributed by atoms with E-state index in [0.29, 0.717) is 24.3 Å². The second-order valence-electron chi connectivity index (χ2n) is 8.03. The van der Waals surface area contributed by atoms with E-state index < -0.39 is 0 Å². The Kier molecular flexibility index (Phi) is 7.38. The summed E-state index contributed by atoms with van der Waals surface area (Å²) in [6, 6.07) is 4.56. The first-order chi connectivity index (χ1) is 12.5. The Morgan fingerprint density at radius 2 is 2.04 bits per heavy atom. The van der Waals surface area contributed by atoms with Crippen LogP contribution in [0.5, 0.6) is 0 Å². The van der Waals surface area contributed by atoms with Crippen LogP contribution in [0.15, 0.2) is 12.1 Å². The summed E-state index contributed by atoms with van der Waals surface area (Å²) in [7, 11) is 4.17. The lowest BCUT2D eigenvalue weighted by Gasteiger charge is -2.36. The van der Waals surface area contributed by atoms with E-state index in [-0.39, 0.29) is 0 Å². The minimum absolute atomic E-state index is 0.335. The van der Waals surface area contributed by atoms with Crippen molar-refractivity contribution in [1.29, 1.82) is 0 Å². The first-order valence-electron chi connectivity index (χ1n) is 9.92. The van der Waals surface area contributed by atoms with Crippen LogP contribution in [0.3, 0.4) is 0 Å². The summed E-state index contributed by atoms with van der Waals surface area (Å²) in [6.07, 6.45) is 6.44. The van der Waals surface area contributed by atoms with E-state index in [9.17, 15) is 4.79 Å². The fourth-order valence-corrected chi connectivity index (χ4v) is 5.41. The average Bonchev–Trinajstić information content (AvgIpc) is 3.05. The highest BCUT2D eigenvalue weighted by Gasteiger charge is 2.25. The van der Waals surface area contributed by atoms with Gasteiger partial charge in [0.05, 0.1) is 4.34 Å². The van der Waals surface area contributed by atoms with E-state index in [0.717, 1.165) is 56.3 Å². The molecule has 0 bridgehead atoms. The van der Waals surface area contributed by atoms with E-state index >= 15 is 0 Å². The normalized spacial score (nSPS) is 23.3. The molecule has 4 nitrogen and oxygen atoms in total. The van der Waals surface area contributed by atoms with E-state index in [2.05, 4.69) is 22.9 Å². The molecule has 0 spiro atoms. The van der Waals surface area contributed by atoms with E-state index in [4.69, 9.17) is 11.6 Å². The monoisotopic (exact) mass is 397 g/mol. The van der Waals surface area contributed by atoms with Gasteiger partial charge in [0.25, 0.3) is 0 Å². The van der Waals surface area contributed by atoms with Crippen molar-refractivity contribution in [2.75, 3.05) is 40.3 Å². The number of carbonyl (C=O) groups is 1. The summed E-state index contributed by atoms with van der Waals surface area (Å²) in [6.45, 7) is 5.48. The lowest BCUT2D eigenvalue weighted by Crippen LogP contribution is -2.44. The summed E-state index contributed by atoms with van der Waals surface area (Å²) < 4.78 is 0.871. The lowest BCUT2D eigenvalue weighted by molar-refractivity contribution is -0.133. The first-order valence-corrected chi connectivity index (χ1v) is 11.1. The van der Waals surface area contributed by atoms with Crippen LogP contribution in [0.2, 0.25) is 4.34 Å². The smallest absolute Gasteiger partial charge is 0.222 e. The van der Waals surface area contributed by atoms with Crippen LogP contribution in [0, 0.1) is 5.92 Å². The molecule has 3 heterocycles. The van der Waals surface area contributed by atoms with E-state index in [1.54, 1.807) is 11.3 Å². The van der Waals surface area contributed by atoms with Gasteiger partial charge in [0.2, 0.25) is 5.91 Å². The molecule has 26 heavy (non-hydrogen) atoms. The van der Waals surface area contributed by atoms with Crippen LogP contribution < -0.4 is 0 Å². The van der Waals surface area contributed by atoms with Gasteiger partial charge in [0.15, 0.2) is 0 Å². The van der Waals surface area contributed by atoms with Gasteiger partial charge in [0.1, 0.15) is 0 Å². The number of halogens is 1. The van der Waals surface area contributed by atoms with Crippen molar-refractivity contribution in [3.05, 3.63) is 21.3 Å². The van der Waals surface area contributed by atoms with Gasteiger partial charge < -0.3 is 9.80 Å². The maximum absolute atomic E-state index is 12.6.